The van der Waals surface area contributed by atoms with Gasteiger partial charge < -0.3 is 115 Å². The van der Waals surface area contributed by atoms with Crippen molar-refractivity contribution in [2.24, 2.45) is 0 Å². The molecule has 0 spiro atoms. The summed E-state index contributed by atoms with van der Waals surface area (Å²) in [7, 11) is 0. The van der Waals surface area contributed by atoms with E-state index in [0.29, 0.717) is 0 Å². The summed E-state index contributed by atoms with van der Waals surface area (Å²) in [5, 5.41) is 150. The van der Waals surface area contributed by atoms with E-state index in [1.807, 2.05) is 0 Å². The van der Waals surface area contributed by atoms with Crippen molar-refractivity contribution >= 4 is 17.8 Å². The van der Waals surface area contributed by atoms with Crippen LogP contribution < -0.4 is 10.6 Å². The fraction of sp³-hybridized carbons (Fsp3) is 0.903. The first-order valence-electron chi connectivity index (χ1n) is 17.7. The zero-order valence-corrected chi connectivity index (χ0v) is 30.4. The molecule has 4 fully saturated rings. The summed E-state index contributed by atoms with van der Waals surface area (Å²) in [5.74, 6) is -6.38. The number of aliphatic hydroxyl groups is 13. The second-order valence-corrected chi connectivity index (χ2v) is 14.1. The minimum Gasteiger partial charge on any atom is -0.477 e. The lowest BCUT2D eigenvalue weighted by atomic mass is 9.88. The Hall–Kier alpha value is -2.39. The van der Waals surface area contributed by atoms with Crippen LogP contribution in [0.2, 0.25) is 0 Å². The van der Waals surface area contributed by atoms with Gasteiger partial charge in [0.2, 0.25) is 11.8 Å². The number of aliphatic hydroxyl groups excluding tert-OH is 13. The van der Waals surface area contributed by atoms with Gasteiger partial charge in [-0.05, 0) is 0 Å². The lowest BCUT2D eigenvalue weighted by Crippen LogP contribution is -2.69. The van der Waals surface area contributed by atoms with Gasteiger partial charge in [0.15, 0.2) is 18.9 Å². The van der Waals surface area contributed by atoms with E-state index in [9.17, 15) is 85.9 Å². The molecule has 26 heteroatoms. The van der Waals surface area contributed by atoms with Crippen molar-refractivity contribution in [3.8, 4) is 0 Å². The third-order valence-corrected chi connectivity index (χ3v) is 9.98. The van der Waals surface area contributed by atoms with Crippen LogP contribution in [0.1, 0.15) is 20.3 Å². The smallest absolute Gasteiger partial charge is 0.364 e. The van der Waals surface area contributed by atoms with Crippen LogP contribution in [-0.4, -0.2) is 244 Å². The zero-order chi connectivity index (χ0) is 42.7. The van der Waals surface area contributed by atoms with Gasteiger partial charge in [-0.15, -0.1) is 0 Å². The molecule has 57 heavy (non-hydrogen) atoms. The molecule has 0 radical (unpaired) electrons. The Morgan fingerprint density at radius 3 is 1.82 bits per heavy atom. The van der Waals surface area contributed by atoms with E-state index in [1.54, 1.807) is 0 Å². The number of rotatable bonds is 15. The molecule has 0 aromatic carbocycles. The second-order valence-electron chi connectivity index (χ2n) is 14.1. The van der Waals surface area contributed by atoms with Crippen molar-refractivity contribution in [1.29, 1.82) is 0 Å². The fourth-order valence-corrected chi connectivity index (χ4v) is 6.93. The van der Waals surface area contributed by atoms with E-state index in [1.165, 1.54) is 0 Å². The highest BCUT2D eigenvalue weighted by molar-refractivity contribution is 5.76. The number of carboxylic acids is 1. The van der Waals surface area contributed by atoms with E-state index in [-0.39, 0.29) is 0 Å². The van der Waals surface area contributed by atoms with E-state index < -0.39 is 179 Å². The van der Waals surface area contributed by atoms with Crippen LogP contribution in [0, 0.1) is 0 Å². The van der Waals surface area contributed by atoms with Gasteiger partial charge in [0.1, 0.15) is 91.5 Å². The van der Waals surface area contributed by atoms with E-state index in [2.05, 4.69) is 10.6 Å². The summed E-state index contributed by atoms with van der Waals surface area (Å²) in [4.78, 5) is 36.6. The number of carbonyl (C=O) groups excluding carboxylic acids is 2. The second kappa shape index (κ2) is 19.8. The van der Waals surface area contributed by atoms with Crippen LogP contribution >= 0.6 is 0 Å². The Kier molecular flexibility index (Phi) is 16.4. The molecular weight excluding hydrogens is 784 g/mol. The van der Waals surface area contributed by atoms with E-state index in [0.717, 1.165) is 13.8 Å². The monoisotopic (exact) mass is 836 g/mol. The molecule has 330 valence electrons. The lowest BCUT2D eigenvalue weighted by Gasteiger charge is -2.49. The molecule has 26 nitrogen and oxygen atoms in total. The van der Waals surface area contributed by atoms with Gasteiger partial charge in [-0.2, -0.15) is 0 Å². The number of hydrogen-bond donors (Lipinski definition) is 16. The maximum Gasteiger partial charge on any atom is 0.364 e. The third-order valence-electron chi connectivity index (χ3n) is 9.98. The maximum atomic E-state index is 12.6. The van der Waals surface area contributed by atoms with Crippen LogP contribution in [0.15, 0.2) is 0 Å². The first-order valence-corrected chi connectivity index (χ1v) is 17.7. The number of hydrogen-bond acceptors (Lipinski definition) is 23. The summed E-state index contributed by atoms with van der Waals surface area (Å²) in [6.45, 7) is -1.83. The Balaban J connectivity index is 1.54. The van der Waals surface area contributed by atoms with Crippen LogP contribution in [0.25, 0.3) is 0 Å². The molecule has 16 N–H and O–H groups in total. The molecule has 0 aromatic heterocycles. The van der Waals surface area contributed by atoms with Gasteiger partial charge in [0.25, 0.3) is 5.79 Å². The van der Waals surface area contributed by atoms with Gasteiger partial charge in [-0.25, -0.2) is 4.79 Å². The molecule has 0 aliphatic carbocycles. The van der Waals surface area contributed by atoms with Crippen LogP contribution in [0.5, 0.6) is 0 Å². The normalized spacial score (nSPS) is 45.1. The quantitative estimate of drug-likeness (QED) is 0.0728. The van der Waals surface area contributed by atoms with Gasteiger partial charge in [-0.1, -0.05) is 0 Å². The predicted molar refractivity (Wildman–Crippen MR) is 174 cm³/mol. The van der Waals surface area contributed by atoms with Gasteiger partial charge >= 0.3 is 5.97 Å². The predicted octanol–water partition coefficient (Wildman–Crippen LogP) is -10.3. The summed E-state index contributed by atoms with van der Waals surface area (Å²) in [5.41, 5.74) is 0. The van der Waals surface area contributed by atoms with Crippen molar-refractivity contribution in [2.45, 2.75) is 149 Å². The number of ether oxygens (including phenoxy) is 7. The zero-order valence-electron chi connectivity index (χ0n) is 30.4. The van der Waals surface area contributed by atoms with Crippen molar-refractivity contribution in [3.05, 3.63) is 0 Å². The number of nitrogens with one attached hydrogen (secondary N) is 2. The molecule has 0 bridgehead atoms. The van der Waals surface area contributed by atoms with Crippen LogP contribution in [0.3, 0.4) is 0 Å². The SMILES string of the molecule is CC(=O)N[C@H]1[C@H](O[C@H]2[C@@H](O)[C@H](O)[C@@H](CO)O[C@@H]2O)O[C@H](CO)[C@@H](O[C@@H]2O[C@H](CO[C@@]3(C(=O)O)C[C@H](O)[C@@H](NC(C)=O)[C@H]([C@H](O)[C@H](O)CO)O3)[C@H](O)[C@H](O)[C@H]2O)[C@@H]1O. The number of amides is 2. The van der Waals surface area contributed by atoms with E-state index >= 15 is 0 Å². The molecule has 4 rings (SSSR count). The number of aliphatic carboxylic acids is 1. The molecule has 4 heterocycles. The highest BCUT2D eigenvalue weighted by Crippen LogP contribution is 2.36. The number of carbonyl (C=O) groups is 3. The first-order chi connectivity index (χ1) is 26.7. The van der Waals surface area contributed by atoms with Gasteiger partial charge in [-0.3, -0.25) is 9.59 Å². The van der Waals surface area contributed by atoms with Crippen LogP contribution in [-0.2, 0) is 47.5 Å². The van der Waals surface area contributed by atoms with Crippen molar-refractivity contribution in [3.63, 3.8) is 0 Å². The topological polar surface area (TPSA) is 423 Å². The molecule has 4 saturated heterocycles. The highest BCUT2D eigenvalue weighted by Gasteiger charge is 2.58. The molecular formula is C31H52N2O24. The molecule has 0 unspecified atom stereocenters. The maximum absolute atomic E-state index is 12.6. The van der Waals surface area contributed by atoms with Crippen molar-refractivity contribution < 1.29 is 119 Å². The molecule has 2 amide bonds. The summed E-state index contributed by atoms with van der Waals surface area (Å²) in [6.07, 6.45) is -35.2. The molecule has 0 saturated carbocycles. The molecule has 0 aromatic rings. The van der Waals surface area contributed by atoms with Crippen molar-refractivity contribution in [1.82, 2.24) is 10.6 Å². The third kappa shape index (κ3) is 10.3. The minimum absolute atomic E-state index is 0.754. The Labute approximate surface area is 322 Å². The molecule has 4 aliphatic rings. The first kappa shape index (κ1) is 47.3. The Morgan fingerprint density at radius 1 is 0.702 bits per heavy atom. The average Bonchev–Trinajstić information content (AvgIpc) is 3.16. The number of carboxylic acid groups (broad SMARTS) is 1. The molecule has 4 aliphatic heterocycles. The standard InChI is InChI=1S/C31H52N2O24/c1-8(37)32-15-10(39)3-31(30(49)50,57-25(15)17(41)11(40)4-34)51-7-14-19(43)21(45)23(47)29(54-14)55-24-13(6-36)53-28(16(20(24)44)33-9(2)38)56-26-22(46)18(42)12(5-35)52-27(26)48/h10-29,34-36,39-48H,3-7H2,1-2H3,(H,32,37)(H,33,38)(H,49,50)/t10-,11+,12+,13+,14+,15+,16+,17+,18+,19-,20+,21-,22-,23+,24+,25+,26-,27-,28-,29-,31-/m0/s1. The fourth-order valence-electron chi connectivity index (χ4n) is 6.93. The minimum atomic E-state index is -2.91. The van der Waals surface area contributed by atoms with E-state index in [4.69, 9.17) is 33.2 Å². The summed E-state index contributed by atoms with van der Waals surface area (Å²) < 4.78 is 38.7. The summed E-state index contributed by atoms with van der Waals surface area (Å²) >= 11 is 0. The van der Waals surface area contributed by atoms with Crippen molar-refractivity contribution in [2.75, 3.05) is 26.4 Å². The largest absolute Gasteiger partial charge is 0.477 e. The molecule has 21 atom stereocenters. The van der Waals surface area contributed by atoms with Crippen LogP contribution in [0.4, 0.5) is 0 Å². The Bertz CT molecular complexity index is 1350. The summed E-state index contributed by atoms with van der Waals surface area (Å²) in [6, 6.07) is -3.20. The van der Waals surface area contributed by atoms with Gasteiger partial charge in [0.05, 0.1) is 38.6 Å². The average molecular weight is 837 g/mol. The lowest BCUT2D eigenvalue weighted by molar-refractivity contribution is -0.373. The highest BCUT2D eigenvalue weighted by atomic mass is 16.8. The Morgan fingerprint density at radius 2 is 1.26 bits per heavy atom. The van der Waals surface area contributed by atoms with Gasteiger partial charge in [0, 0.05) is 20.3 Å².